The Morgan fingerprint density at radius 3 is 2.19 bits per heavy atom. The van der Waals surface area contributed by atoms with E-state index in [4.69, 9.17) is 0 Å². The Morgan fingerprint density at radius 2 is 1.44 bits per heavy atom. The summed E-state index contributed by atoms with van der Waals surface area (Å²) in [5.41, 5.74) is 4.01. The van der Waals surface area contributed by atoms with Gasteiger partial charge in [0.1, 0.15) is 0 Å². The van der Waals surface area contributed by atoms with E-state index < -0.39 is 0 Å². The van der Waals surface area contributed by atoms with Gasteiger partial charge in [-0.05, 0) is 49.6 Å². The number of benzene rings is 2. The summed E-state index contributed by atoms with van der Waals surface area (Å²) < 4.78 is 0. The summed E-state index contributed by atoms with van der Waals surface area (Å²) >= 11 is 1.85. The number of rotatable bonds is 2. The van der Waals surface area contributed by atoms with E-state index in [1.54, 1.807) is 0 Å². The molecular weight excluding hydrogens is 212 g/mol. The van der Waals surface area contributed by atoms with E-state index in [2.05, 4.69) is 63.2 Å². The molecule has 0 N–H and O–H groups in total. The maximum absolute atomic E-state index is 2.26. The predicted molar refractivity (Wildman–Crippen MR) is 71.2 cm³/mol. The van der Waals surface area contributed by atoms with E-state index in [0.29, 0.717) is 0 Å². The Hall–Kier alpha value is -1.21. The van der Waals surface area contributed by atoms with Crippen LogP contribution in [0.3, 0.4) is 0 Å². The van der Waals surface area contributed by atoms with Gasteiger partial charge in [-0.2, -0.15) is 0 Å². The highest BCUT2D eigenvalue weighted by Crippen LogP contribution is 2.32. The summed E-state index contributed by atoms with van der Waals surface area (Å²) in [5, 5.41) is 0. The van der Waals surface area contributed by atoms with Crippen LogP contribution in [0.4, 0.5) is 0 Å². The van der Waals surface area contributed by atoms with Crippen molar-refractivity contribution in [2.75, 3.05) is 0 Å². The molecule has 0 saturated carbocycles. The fourth-order valence-electron chi connectivity index (χ4n) is 1.61. The second-order valence-electron chi connectivity index (χ2n) is 4.14. The van der Waals surface area contributed by atoms with Crippen LogP contribution in [-0.2, 0) is 0 Å². The van der Waals surface area contributed by atoms with Gasteiger partial charge in [-0.25, -0.2) is 0 Å². The first-order valence-corrected chi connectivity index (χ1v) is 6.29. The topological polar surface area (TPSA) is 0 Å². The molecule has 1 heteroatoms. The van der Waals surface area contributed by atoms with Crippen molar-refractivity contribution in [3.8, 4) is 0 Å². The molecule has 2 aromatic carbocycles. The third-order valence-corrected chi connectivity index (χ3v) is 3.99. The van der Waals surface area contributed by atoms with Crippen molar-refractivity contribution in [3.05, 3.63) is 59.2 Å². The highest BCUT2D eigenvalue weighted by Gasteiger charge is 2.03. The van der Waals surface area contributed by atoms with E-state index in [-0.39, 0.29) is 0 Å². The number of hydrogen-bond acceptors (Lipinski definition) is 1. The standard InChI is InChI=1S/C15H16S/c1-11-8-9-13(3)15(10-11)16-14-7-5-4-6-12(14)2/h4-10H,1-3H3. The molecule has 2 aromatic rings. The lowest BCUT2D eigenvalue weighted by atomic mass is 10.2. The van der Waals surface area contributed by atoms with Crippen LogP contribution in [0.5, 0.6) is 0 Å². The SMILES string of the molecule is Cc1ccc(C)c(Sc2ccccc2C)c1. The zero-order valence-corrected chi connectivity index (χ0v) is 10.8. The molecule has 0 unspecified atom stereocenters. The van der Waals surface area contributed by atoms with E-state index in [1.165, 1.54) is 26.5 Å². The summed E-state index contributed by atoms with van der Waals surface area (Å²) in [4.78, 5) is 2.70. The van der Waals surface area contributed by atoms with Gasteiger partial charge in [0.25, 0.3) is 0 Å². The summed E-state index contributed by atoms with van der Waals surface area (Å²) in [7, 11) is 0. The molecule has 0 saturated heterocycles. The van der Waals surface area contributed by atoms with Crippen molar-refractivity contribution in [3.63, 3.8) is 0 Å². The van der Waals surface area contributed by atoms with Crippen LogP contribution in [0.2, 0.25) is 0 Å². The molecule has 0 radical (unpaired) electrons. The molecule has 0 fully saturated rings. The lowest BCUT2D eigenvalue weighted by Gasteiger charge is -2.08. The Morgan fingerprint density at radius 1 is 0.750 bits per heavy atom. The first kappa shape index (κ1) is 11.3. The Kier molecular flexibility index (Phi) is 3.35. The average Bonchev–Trinajstić information content (AvgIpc) is 2.27. The van der Waals surface area contributed by atoms with Gasteiger partial charge >= 0.3 is 0 Å². The average molecular weight is 228 g/mol. The summed E-state index contributed by atoms with van der Waals surface area (Å²) in [6.07, 6.45) is 0. The minimum Gasteiger partial charge on any atom is -0.0895 e. The van der Waals surface area contributed by atoms with Crippen molar-refractivity contribution < 1.29 is 0 Å². The molecule has 0 spiro atoms. The van der Waals surface area contributed by atoms with Crippen LogP contribution in [0.25, 0.3) is 0 Å². The second kappa shape index (κ2) is 4.75. The van der Waals surface area contributed by atoms with E-state index >= 15 is 0 Å². The molecule has 16 heavy (non-hydrogen) atoms. The Bertz CT molecular complexity index is 501. The van der Waals surface area contributed by atoms with Gasteiger partial charge in [0.15, 0.2) is 0 Å². The van der Waals surface area contributed by atoms with E-state index in [0.717, 1.165) is 0 Å². The van der Waals surface area contributed by atoms with Crippen molar-refractivity contribution in [1.29, 1.82) is 0 Å². The molecule has 0 nitrogen and oxygen atoms in total. The molecule has 0 atom stereocenters. The summed E-state index contributed by atoms with van der Waals surface area (Å²) in [6.45, 7) is 6.47. The first-order chi connectivity index (χ1) is 7.66. The van der Waals surface area contributed by atoms with E-state index in [1.807, 2.05) is 11.8 Å². The predicted octanol–water partition coefficient (Wildman–Crippen LogP) is 4.76. The van der Waals surface area contributed by atoms with Crippen LogP contribution in [0.1, 0.15) is 16.7 Å². The number of hydrogen-bond donors (Lipinski definition) is 0. The van der Waals surface area contributed by atoms with Crippen molar-refractivity contribution in [2.24, 2.45) is 0 Å². The molecule has 0 aliphatic rings. The first-order valence-electron chi connectivity index (χ1n) is 5.47. The monoisotopic (exact) mass is 228 g/mol. The molecule has 2 rings (SSSR count). The molecule has 0 amide bonds. The third kappa shape index (κ3) is 2.48. The van der Waals surface area contributed by atoms with Gasteiger partial charge in [-0.15, -0.1) is 0 Å². The maximum Gasteiger partial charge on any atom is 0.0154 e. The van der Waals surface area contributed by atoms with Crippen LogP contribution in [0.15, 0.2) is 52.3 Å². The van der Waals surface area contributed by atoms with Crippen LogP contribution >= 0.6 is 11.8 Å². The van der Waals surface area contributed by atoms with Gasteiger partial charge in [0.2, 0.25) is 0 Å². The van der Waals surface area contributed by atoms with Crippen molar-refractivity contribution in [2.45, 2.75) is 30.6 Å². The van der Waals surface area contributed by atoms with Gasteiger partial charge in [-0.3, -0.25) is 0 Å². The molecule has 0 aliphatic heterocycles. The normalized spacial score (nSPS) is 10.4. The van der Waals surface area contributed by atoms with Crippen molar-refractivity contribution >= 4 is 11.8 Å². The lowest BCUT2D eigenvalue weighted by Crippen LogP contribution is -1.83. The minimum absolute atomic E-state index is 1.32. The molecule has 0 aromatic heterocycles. The largest absolute Gasteiger partial charge is 0.0895 e. The highest BCUT2D eigenvalue weighted by molar-refractivity contribution is 7.99. The van der Waals surface area contributed by atoms with Crippen LogP contribution < -0.4 is 0 Å². The molecule has 82 valence electrons. The molecular formula is C15H16S. The Balaban J connectivity index is 2.34. The molecule has 0 aliphatic carbocycles. The zero-order chi connectivity index (χ0) is 11.5. The fourth-order valence-corrected chi connectivity index (χ4v) is 2.69. The van der Waals surface area contributed by atoms with Gasteiger partial charge in [-0.1, -0.05) is 42.1 Å². The maximum atomic E-state index is 2.26. The van der Waals surface area contributed by atoms with Crippen molar-refractivity contribution in [1.82, 2.24) is 0 Å². The lowest BCUT2D eigenvalue weighted by molar-refractivity contribution is 1.24. The van der Waals surface area contributed by atoms with Gasteiger partial charge in [0.05, 0.1) is 0 Å². The second-order valence-corrected chi connectivity index (χ2v) is 5.22. The molecule has 0 bridgehead atoms. The third-order valence-electron chi connectivity index (χ3n) is 2.66. The quantitative estimate of drug-likeness (QED) is 0.714. The Labute approximate surface area is 102 Å². The summed E-state index contributed by atoms with van der Waals surface area (Å²) in [5.74, 6) is 0. The van der Waals surface area contributed by atoms with Crippen LogP contribution in [0, 0.1) is 20.8 Å². The highest BCUT2D eigenvalue weighted by atomic mass is 32.2. The fraction of sp³-hybridized carbons (Fsp3) is 0.200. The van der Waals surface area contributed by atoms with Gasteiger partial charge in [0, 0.05) is 9.79 Å². The zero-order valence-electron chi connectivity index (χ0n) is 9.95. The number of aryl methyl sites for hydroxylation is 3. The minimum atomic E-state index is 1.32. The van der Waals surface area contributed by atoms with Crippen LogP contribution in [-0.4, -0.2) is 0 Å². The summed E-state index contributed by atoms with van der Waals surface area (Å²) in [6, 6.07) is 15.1. The van der Waals surface area contributed by atoms with Gasteiger partial charge < -0.3 is 0 Å². The smallest absolute Gasteiger partial charge is 0.0154 e. The molecule has 0 heterocycles. The van der Waals surface area contributed by atoms with E-state index in [9.17, 15) is 0 Å².